The summed E-state index contributed by atoms with van der Waals surface area (Å²) in [5.74, 6) is 3.00. The van der Waals surface area contributed by atoms with Crippen LogP contribution in [0.2, 0.25) is 0 Å². The number of hydrogen-bond acceptors (Lipinski definition) is 6. The van der Waals surface area contributed by atoms with Gasteiger partial charge >= 0.3 is 0 Å². The Balaban J connectivity index is 1.60. The SMILES string of the molecule is COc1ccc(C2C(c3nc(C4CCCC4)no3)CCC(=O)N2c2ccc(C)cc2)cc1OC. The van der Waals surface area contributed by atoms with Crippen molar-refractivity contribution >= 4 is 11.6 Å². The Labute approximate surface area is 200 Å². The lowest BCUT2D eigenvalue weighted by molar-refractivity contribution is -0.120. The maximum absolute atomic E-state index is 13.3. The number of amides is 1. The third kappa shape index (κ3) is 4.15. The van der Waals surface area contributed by atoms with Gasteiger partial charge < -0.3 is 18.9 Å². The Morgan fingerprint density at radius 3 is 2.41 bits per heavy atom. The van der Waals surface area contributed by atoms with E-state index >= 15 is 0 Å². The Hall–Kier alpha value is -3.35. The highest BCUT2D eigenvalue weighted by atomic mass is 16.5. The summed E-state index contributed by atoms with van der Waals surface area (Å²) in [7, 11) is 3.24. The molecule has 0 N–H and O–H groups in total. The van der Waals surface area contributed by atoms with Crippen LogP contribution in [0.4, 0.5) is 5.69 Å². The molecule has 2 heterocycles. The van der Waals surface area contributed by atoms with Crippen LogP contribution in [0, 0.1) is 6.92 Å². The van der Waals surface area contributed by atoms with Crippen molar-refractivity contribution in [3.63, 3.8) is 0 Å². The number of ether oxygens (including phenoxy) is 2. The van der Waals surface area contributed by atoms with E-state index in [1.807, 2.05) is 54.3 Å². The van der Waals surface area contributed by atoms with Crippen LogP contribution < -0.4 is 14.4 Å². The van der Waals surface area contributed by atoms with Crippen molar-refractivity contribution in [2.75, 3.05) is 19.1 Å². The predicted molar refractivity (Wildman–Crippen MR) is 128 cm³/mol. The van der Waals surface area contributed by atoms with E-state index in [9.17, 15) is 4.79 Å². The number of carbonyl (C=O) groups excluding carboxylic acids is 1. The third-order valence-electron chi connectivity index (χ3n) is 7.15. The molecular formula is C27H31N3O4. The van der Waals surface area contributed by atoms with Gasteiger partial charge in [0.15, 0.2) is 17.3 Å². The lowest BCUT2D eigenvalue weighted by Gasteiger charge is -2.40. The molecule has 0 spiro atoms. The second kappa shape index (κ2) is 9.49. The topological polar surface area (TPSA) is 77.7 Å². The number of carbonyl (C=O) groups is 1. The minimum atomic E-state index is -0.305. The van der Waals surface area contributed by atoms with Gasteiger partial charge in [-0.3, -0.25) is 4.79 Å². The number of nitrogens with zero attached hydrogens (tertiary/aromatic N) is 3. The number of rotatable bonds is 6. The number of anilines is 1. The highest BCUT2D eigenvalue weighted by Crippen LogP contribution is 2.46. The molecule has 1 saturated heterocycles. The van der Waals surface area contributed by atoms with Crippen molar-refractivity contribution in [1.29, 1.82) is 0 Å². The second-order valence-corrected chi connectivity index (χ2v) is 9.28. The Morgan fingerprint density at radius 2 is 1.71 bits per heavy atom. The summed E-state index contributed by atoms with van der Waals surface area (Å²) in [5, 5.41) is 4.36. The Kier molecular flexibility index (Phi) is 6.26. The second-order valence-electron chi connectivity index (χ2n) is 9.28. The van der Waals surface area contributed by atoms with Crippen LogP contribution in [0.25, 0.3) is 0 Å². The van der Waals surface area contributed by atoms with Gasteiger partial charge in [-0.15, -0.1) is 0 Å². The predicted octanol–water partition coefficient (Wildman–Crippen LogP) is 5.70. The third-order valence-corrected chi connectivity index (χ3v) is 7.15. The molecule has 7 nitrogen and oxygen atoms in total. The van der Waals surface area contributed by atoms with Crippen LogP contribution in [-0.4, -0.2) is 30.3 Å². The number of piperidine rings is 1. The van der Waals surface area contributed by atoms with Crippen LogP contribution in [0.3, 0.4) is 0 Å². The van der Waals surface area contributed by atoms with E-state index < -0.39 is 0 Å². The van der Waals surface area contributed by atoms with E-state index in [2.05, 4.69) is 5.16 Å². The van der Waals surface area contributed by atoms with E-state index in [1.165, 1.54) is 12.8 Å². The number of aromatic nitrogens is 2. The largest absolute Gasteiger partial charge is 0.493 e. The van der Waals surface area contributed by atoms with Gasteiger partial charge in [0.05, 0.1) is 26.2 Å². The molecule has 2 atom stereocenters. The smallest absolute Gasteiger partial charge is 0.232 e. The van der Waals surface area contributed by atoms with Crippen molar-refractivity contribution in [2.24, 2.45) is 0 Å². The number of aryl methyl sites for hydroxylation is 1. The zero-order chi connectivity index (χ0) is 23.7. The molecule has 34 heavy (non-hydrogen) atoms. The molecule has 178 valence electrons. The highest BCUT2D eigenvalue weighted by Gasteiger charge is 2.42. The van der Waals surface area contributed by atoms with Gasteiger partial charge in [0, 0.05) is 18.0 Å². The van der Waals surface area contributed by atoms with E-state index in [1.54, 1.807) is 14.2 Å². The summed E-state index contributed by atoms with van der Waals surface area (Å²) in [6.45, 7) is 2.04. The highest BCUT2D eigenvalue weighted by molar-refractivity contribution is 5.95. The summed E-state index contributed by atoms with van der Waals surface area (Å²) in [5.41, 5.74) is 2.94. The van der Waals surface area contributed by atoms with Crippen molar-refractivity contribution in [2.45, 2.75) is 63.3 Å². The molecule has 2 aliphatic rings. The summed E-state index contributed by atoms with van der Waals surface area (Å²) < 4.78 is 16.9. The normalized spacial score (nSPS) is 21.1. The monoisotopic (exact) mass is 461 g/mol. The van der Waals surface area contributed by atoms with Crippen LogP contribution in [0.15, 0.2) is 47.0 Å². The van der Waals surface area contributed by atoms with E-state index in [4.69, 9.17) is 19.0 Å². The minimum Gasteiger partial charge on any atom is -0.493 e. The molecule has 2 aromatic carbocycles. The number of benzene rings is 2. The first-order valence-corrected chi connectivity index (χ1v) is 12.0. The first-order valence-electron chi connectivity index (χ1n) is 12.0. The molecule has 0 radical (unpaired) electrons. The fourth-order valence-corrected chi connectivity index (χ4v) is 5.33. The molecule has 1 aromatic heterocycles. The van der Waals surface area contributed by atoms with Gasteiger partial charge in [0.2, 0.25) is 11.8 Å². The van der Waals surface area contributed by atoms with Gasteiger partial charge in [-0.1, -0.05) is 41.8 Å². The van der Waals surface area contributed by atoms with Crippen molar-refractivity contribution in [1.82, 2.24) is 10.1 Å². The van der Waals surface area contributed by atoms with Crippen molar-refractivity contribution < 1.29 is 18.8 Å². The quantitative estimate of drug-likeness (QED) is 0.468. The van der Waals surface area contributed by atoms with Crippen molar-refractivity contribution in [3.05, 3.63) is 65.3 Å². The summed E-state index contributed by atoms with van der Waals surface area (Å²) in [6.07, 6.45) is 5.70. The minimum absolute atomic E-state index is 0.0791. The average molecular weight is 462 g/mol. The molecule has 2 unspecified atom stereocenters. The Morgan fingerprint density at radius 1 is 0.971 bits per heavy atom. The van der Waals surface area contributed by atoms with E-state index in [0.717, 1.165) is 35.5 Å². The fourth-order valence-electron chi connectivity index (χ4n) is 5.33. The zero-order valence-electron chi connectivity index (χ0n) is 20.0. The fraction of sp³-hybridized carbons (Fsp3) is 0.444. The molecule has 3 aromatic rings. The number of hydrogen-bond donors (Lipinski definition) is 0. The van der Waals surface area contributed by atoms with Gasteiger partial charge in [-0.05, 0) is 56.0 Å². The van der Waals surface area contributed by atoms with Gasteiger partial charge in [-0.2, -0.15) is 4.98 Å². The standard InChI is InChI=1S/C27H31N3O4/c1-17-8-11-20(12-9-17)30-24(31)15-13-21(27-28-26(29-34-27)18-6-4-5-7-18)25(30)19-10-14-22(32-2)23(16-19)33-3/h8-12,14,16,18,21,25H,4-7,13,15H2,1-3H3. The molecule has 2 fully saturated rings. The van der Waals surface area contributed by atoms with Crippen LogP contribution in [-0.2, 0) is 4.79 Å². The lowest BCUT2D eigenvalue weighted by Crippen LogP contribution is -2.42. The maximum atomic E-state index is 13.3. The van der Waals surface area contributed by atoms with Gasteiger partial charge in [-0.25, -0.2) is 0 Å². The van der Waals surface area contributed by atoms with Crippen LogP contribution in [0.5, 0.6) is 11.5 Å². The van der Waals surface area contributed by atoms with Gasteiger partial charge in [0.25, 0.3) is 0 Å². The van der Waals surface area contributed by atoms with Crippen LogP contribution >= 0.6 is 0 Å². The van der Waals surface area contributed by atoms with Crippen molar-refractivity contribution in [3.8, 4) is 11.5 Å². The van der Waals surface area contributed by atoms with E-state index in [-0.39, 0.29) is 17.9 Å². The molecule has 1 aliphatic carbocycles. The zero-order valence-corrected chi connectivity index (χ0v) is 20.0. The Bertz CT molecular complexity index is 1150. The summed E-state index contributed by atoms with van der Waals surface area (Å²) in [6, 6.07) is 13.6. The molecule has 1 aliphatic heterocycles. The van der Waals surface area contributed by atoms with E-state index in [0.29, 0.717) is 36.1 Å². The maximum Gasteiger partial charge on any atom is 0.232 e. The molecule has 1 amide bonds. The van der Waals surface area contributed by atoms with Crippen LogP contribution in [0.1, 0.15) is 79.2 Å². The van der Waals surface area contributed by atoms with Gasteiger partial charge in [0.1, 0.15) is 0 Å². The first kappa shape index (κ1) is 22.4. The molecular weight excluding hydrogens is 430 g/mol. The summed E-state index contributed by atoms with van der Waals surface area (Å²) in [4.78, 5) is 20.1. The first-order chi connectivity index (χ1) is 16.6. The molecule has 7 heteroatoms. The molecule has 1 saturated carbocycles. The molecule has 5 rings (SSSR count). The molecule has 0 bridgehead atoms. The summed E-state index contributed by atoms with van der Waals surface area (Å²) >= 11 is 0. The lowest BCUT2D eigenvalue weighted by atomic mass is 9.83. The average Bonchev–Trinajstić information content (AvgIpc) is 3.56. The number of methoxy groups -OCH3 is 2.